The third kappa shape index (κ3) is 3.37. The number of alkyl halides is 3. The molecule has 1 rings (SSSR count). The van der Waals surface area contributed by atoms with Crippen LogP contribution in [0.25, 0.3) is 0 Å². The Morgan fingerprint density at radius 3 is 1.73 bits per heavy atom. The average Bonchev–Trinajstić information content (AvgIpc) is 2.41. The van der Waals surface area contributed by atoms with Crippen LogP contribution in [0.2, 0.25) is 0 Å². The SMILES string of the molecule is CCO[P@](=O)(c1c(F)c(F)c(F)c(F)c1F)[C@H](O)C(Cl)(Cl)Cl. The lowest BCUT2D eigenvalue weighted by Crippen LogP contribution is -2.34. The van der Waals surface area contributed by atoms with Crippen molar-refractivity contribution in [3.63, 3.8) is 0 Å². The minimum absolute atomic E-state index is 0.533. The van der Waals surface area contributed by atoms with Gasteiger partial charge in [0.15, 0.2) is 29.1 Å². The van der Waals surface area contributed by atoms with Crippen LogP contribution in [0.3, 0.4) is 0 Å². The third-order valence-corrected chi connectivity index (χ3v) is 6.20. The number of hydrogen-bond acceptors (Lipinski definition) is 3. The zero-order valence-corrected chi connectivity index (χ0v) is 13.7. The van der Waals surface area contributed by atoms with Crippen molar-refractivity contribution in [1.29, 1.82) is 0 Å². The monoisotopic (exact) mass is 406 g/mol. The lowest BCUT2D eigenvalue weighted by molar-refractivity contribution is 0.217. The van der Waals surface area contributed by atoms with Crippen molar-refractivity contribution in [2.75, 3.05) is 6.61 Å². The number of aliphatic hydroxyl groups is 1. The van der Waals surface area contributed by atoms with Crippen molar-refractivity contribution < 1.29 is 36.1 Å². The first kappa shape index (κ1) is 19.9. The van der Waals surface area contributed by atoms with Gasteiger partial charge in [0.1, 0.15) is 5.30 Å². The molecule has 0 aliphatic heterocycles. The zero-order valence-electron chi connectivity index (χ0n) is 10.5. The highest BCUT2D eigenvalue weighted by molar-refractivity contribution is 7.68. The minimum atomic E-state index is -5.17. The Hall–Kier alpha value is -0.110. The van der Waals surface area contributed by atoms with Gasteiger partial charge in [-0.15, -0.1) is 0 Å². The van der Waals surface area contributed by atoms with Crippen molar-refractivity contribution in [3.05, 3.63) is 29.1 Å². The first-order valence-electron chi connectivity index (χ1n) is 5.40. The summed E-state index contributed by atoms with van der Waals surface area (Å²) in [6, 6.07) is 0. The number of halogens is 8. The number of rotatable bonds is 4. The van der Waals surface area contributed by atoms with Gasteiger partial charge in [-0.05, 0) is 6.92 Å². The maximum Gasteiger partial charge on any atom is 0.270 e. The van der Waals surface area contributed by atoms with Crippen LogP contribution in [-0.4, -0.2) is 21.4 Å². The van der Waals surface area contributed by atoms with Crippen molar-refractivity contribution in [1.82, 2.24) is 0 Å². The summed E-state index contributed by atoms with van der Waals surface area (Å²) in [5.74, 6) is -14.8. The van der Waals surface area contributed by atoms with Crippen LogP contribution in [0, 0.1) is 29.1 Å². The Morgan fingerprint density at radius 2 is 1.41 bits per heavy atom. The Labute approximate surface area is 136 Å². The fourth-order valence-electron chi connectivity index (χ4n) is 1.51. The molecule has 22 heavy (non-hydrogen) atoms. The van der Waals surface area contributed by atoms with Crippen molar-refractivity contribution in [2.24, 2.45) is 0 Å². The second-order valence-corrected chi connectivity index (χ2v) is 8.61. The van der Waals surface area contributed by atoms with Gasteiger partial charge in [0.25, 0.3) is 7.37 Å². The van der Waals surface area contributed by atoms with E-state index in [-0.39, 0.29) is 0 Å². The lowest BCUT2D eigenvalue weighted by Gasteiger charge is -2.28. The summed E-state index contributed by atoms with van der Waals surface area (Å²) in [7, 11) is -5.17. The first-order valence-corrected chi connectivity index (χ1v) is 8.23. The Bertz CT molecular complexity index is 608. The van der Waals surface area contributed by atoms with E-state index >= 15 is 0 Å². The van der Waals surface area contributed by atoms with E-state index in [1.165, 1.54) is 6.92 Å². The maximum atomic E-state index is 13.8. The van der Waals surface area contributed by atoms with Crippen LogP contribution in [0.1, 0.15) is 6.92 Å². The molecule has 1 aromatic carbocycles. The third-order valence-electron chi connectivity index (χ3n) is 2.43. The van der Waals surface area contributed by atoms with Crippen LogP contribution in [0.5, 0.6) is 0 Å². The normalized spacial score (nSPS) is 16.5. The number of benzene rings is 1. The van der Waals surface area contributed by atoms with Crippen LogP contribution >= 0.6 is 42.2 Å². The van der Waals surface area contributed by atoms with E-state index in [1.807, 2.05) is 0 Å². The predicted octanol–water partition coefficient (Wildman–Crippen LogP) is 4.01. The lowest BCUT2D eigenvalue weighted by atomic mass is 10.3. The van der Waals surface area contributed by atoms with Gasteiger partial charge in [-0.1, -0.05) is 34.8 Å². The molecule has 12 heteroatoms. The van der Waals surface area contributed by atoms with Gasteiger partial charge in [0.2, 0.25) is 9.61 Å². The molecule has 0 fully saturated rings. The Kier molecular flexibility index (Phi) is 6.15. The smallest absolute Gasteiger partial charge is 0.270 e. The topological polar surface area (TPSA) is 46.5 Å². The minimum Gasteiger partial charge on any atom is -0.379 e. The highest BCUT2D eigenvalue weighted by Gasteiger charge is 2.51. The molecular formula is C10H7Cl3F5O3P. The zero-order chi connectivity index (χ0) is 17.5. The van der Waals surface area contributed by atoms with Crippen molar-refractivity contribution in [3.8, 4) is 0 Å². The van der Waals surface area contributed by atoms with Crippen LogP contribution in [0.4, 0.5) is 22.0 Å². The highest BCUT2D eigenvalue weighted by atomic mass is 35.6. The summed E-state index contributed by atoms with van der Waals surface area (Å²) in [6.45, 7) is 0.651. The van der Waals surface area contributed by atoms with Crippen LogP contribution in [0.15, 0.2) is 0 Å². The van der Waals surface area contributed by atoms with Gasteiger partial charge in [-0.2, -0.15) is 0 Å². The van der Waals surface area contributed by atoms with E-state index in [9.17, 15) is 31.6 Å². The first-order chi connectivity index (χ1) is 9.89. The molecule has 1 aromatic rings. The molecule has 1 N–H and O–H groups in total. The van der Waals surface area contributed by atoms with E-state index in [2.05, 4.69) is 4.52 Å². The molecule has 3 nitrogen and oxygen atoms in total. The second kappa shape index (κ2) is 6.79. The van der Waals surface area contributed by atoms with E-state index < -0.39 is 58.0 Å². The molecule has 126 valence electrons. The summed E-state index contributed by atoms with van der Waals surface area (Å²) in [5.41, 5.74) is 0. The van der Waals surface area contributed by atoms with E-state index in [4.69, 9.17) is 34.8 Å². The molecule has 0 aliphatic carbocycles. The molecule has 0 aromatic heterocycles. The van der Waals surface area contributed by atoms with Gasteiger partial charge in [0.05, 0.1) is 6.61 Å². The molecule has 0 heterocycles. The standard InChI is InChI=1S/C10H7Cl3F5O3P/c1-2-21-22(20,9(19)10(11,12)13)8-6(17)4(15)3(14)5(16)7(8)18/h9,19H,2H2,1H3/t9-,22+/m0/s1. The fourth-order valence-corrected chi connectivity index (χ4v) is 4.69. The predicted molar refractivity (Wildman–Crippen MR) is 71.4 cm³/mol. The summed E-state index contributed by atoms with van der Waals surface area (Å²) in [4.78, 5) is 0. The van der Waals surface area contributed by atoms with E-state index in [0.717, 1.165) is 0 Å². The molecule has 0 saturated carbocycles. The summed E-state index contributed by atoms with van der Waals surface area (Å²) >= 11 is 15.9. The molecule has 0 aliphatic rings. The van der Waals surface area contributed by atoms with E-state index in [1.54, 1.807) is 0 Å². The molecule has 0 bridgehead atoms. The summed E-state index contributed by atoms with van der Waals surface area (Å²) in [6.07, 6.45) is 0. The molecule has 2 atom stereocenters. The molecule has 0 saturated heterocycles. The molecule has 0 spiro atoms. The van der Waals surface area contributed by atoms with Gasteiger partial charge in [0, 0.05) is 0 Å². The Balaban J connectivity index is 3.77. The van der Waals surface area contributed by atoms with Crippen LogP contribution < -0.4 is 5.30 Å². The van der Waals surface area contributed by atoms with Gasteiger partial charge >= 0.3 is 0 Å². The number of hydrogen-bond donors (Lipinski definition) is 1. The number of aliphatic hydroxyl groups excluding tert-OH is 1. The molecular weight excluding hydrogens is 400 g/mol. The quantitative estimate of drug-likeness (QED) is 0.270. The average molecular weight is 407 g/mol. The summed E-state index contributed by atoms with van der Waals surface area (Å²) in [5, 5.41) is 7.86. The van der Waals surface area contributed by atoms with Crippen molar-refractivity contribution in [2.45, 2.75) is 16.6 Å². The largest absolute Gasteiger partial charge is 0.379 e. The van der Waals surface area contributed by atoms with Gasteiger partial charge in [-0.25, -0.2) is 22.0 Å². The summed E-state index contributed by atoms with van der Waals surface area (Å²) < 4.78 is 81.3. The highest BCUT2D eigenvalue weighted by Crippen LogP contribution is 2.58. The fraction of sp³-hybridized carbons (Fsp3) is 0.400. The second-order valence-electron chi connectivity index (χ2n) is 3.85. The molecule has 0 unspecified atom stereocenters. The van der Waals surface area contributed by atoms with Crippen molar-refractivity contribution >= 4 is 47.5 Å². The van der Waals surface area contributed by atoms with Gasteiger partial charge in [-0.3, -0.25) is 4.57 Å². The van der Waals surface area contributed by atoms with Crippen LogP contribution in [-0.2, 0) is 9.09 Å². The van der Waals surface area contributed by atoms with Gasteiger partial charge < -0.3 is 9.63 Å². The maximum absolute atomic E-state index is 13.8. The molecule has 0 amide bonds. The Morgan fingerprint density at radius 1 is 1.05 bits per heavy atom. The van der Waals surface area contributed by atoms with E-state index in [0.29, 0.717) is 0 Å². The molecule has 0 radical (unpaired) electrons.